The molecule has 0 aromatic rings. The molecule has 3 unspecified atom stereocenters. The molecule has 0 bridgehead atoms. The van der Waals surface area contributed by atoms with Gasteiger partial charge in [-0.25, -0.2) is 19.6 Å². The minimum absolute atomic E-state index is 0.0271. The molecular formula is C11H18N2O2. The summed E-state index contributed by atoms with van der Waals surface area (Å²) in [5.41, 5.74) is 0. The molecule has 0 saturated carbocycles. The Morgan fingerprint density at radius 1 is 1.00 bits per heavy atom. The second-order valence-corrected chi connectivity index (χ2v) is 4.18. The van der Waals surface area contributed by atoms with Gasteiger partial charge in [0.25, 0.3) is 0 Å². The van der Waals surface area contributed by atoms with Gasteiger partial charge in [0, 0.05) is 0 Å². The van der Waals surface area contributed by atoms with Gasteiger partial charge in [0.15, 0.2) is 0 Å². The molecule has 0 aromatic carbocycles. The molecule has 0 amide bonds. The van der Waals surface area contributed by atoms with Gasteiger partial charge in [-0.05, 0) is 31.6 Å². The Morgan fingerprint density at radius 2 is 1.67 bits per heavy atom. The molecule has 0 heterocycles. The molecule has 0 saturated heterocycles. The van der Waals surface area contributed by atoms with E-state index in [9.17, 15) is 9.59 Å². The van der Waals surface area contributed by atoms with E-state index in [1.807, 2.05) is 13.8 Å². The van der Waals surface area contributed by atoms with Crippen molar-refractivity contribution in [3.05, 3.63) is 0 Å². The summed E-state index contributed by atoms with van der Waals surface area (Å²) in [5, 5.41) is 0. The first-order valence-electron chi connectivity index (χ1n) is 5.20. The highest BCUT2D eigenvalue weighted by Crippen LogP contribution is 2.18. The van der Waals surface area contributed by atoms with E-state index in [2.05, 4.69) is 16.9 Å². The second kappa shape index (κ2) is 8.10. The maximum atomic E-state index is 10.0. The lowest BCUT2D eigenvalue weighted by atomic mass is 9.92. The Morgan fingerprint density at radius 3 is 2.20 bits per heavy atom. The fourth-order valence-electron chi connectivity index (χ4n) is 1.78. The number of isocyanates is 2. The number of aliphatic imine (C=N–C) groups is 2. The van der Waals surface area contributed by atoms with Crippen LogP contribution < -0.4 is 0 Å². The zero-order valence-electron chi connectivity index (χ0n) is 9.56. The monoisotopic (exact) mass is 210 g/mol. The Kier molecular flexibility index (Phi) is 7.43. The third-order valence-electron chi connectivity index (χ3n) is 2.29. The normalized spacial score (nSPS) is 15.7. The number of carbonyl (C=O) groups excluding carboxylic acids is 2. The highest BCUT2D eigenvalue weighted by atomic mass is 16.1. The third kappa shape index (κ3) is 7.80. The largest absolute Gasteiger partial charge is 0.235 e. The van der Waals surface area contributed by atoms with Gasteiger partial charge in [-0.15, -0.1) is 0 Å². The molecule has 0 aliphatic heterocycles. The van der Waals surface area contributed by atoms with Crippen molar-refractivity contribution in [2.75, 3.05) is 6.54 Å². The molecule has 0 N–H and O–H groups in total. The van der Waals surface area contributed by atoms with Crippen LogP contribution in [0.5, 0.6) is 0 Å². The van der Waals surface area contributed by atoms with E-state index in [0.29, 0.717) is 18.4 Å². The van der Waals surface area contributed by atoms with E-state index >= 15 is 0 Å². The molecule has 0 spiro atoms. The van der Waals surface area contributed by atoms with Crippen LogP contribution in [0.15, 0.2) is 9.98 Å². The topological polar surface area (TPSA) is 58.9 Å². The number of nitrogens with zero attached hydrogens (tertiary/aromatic N) is 2. The Balaban J connectivity index is 3.85. The fourth-order valence-corrected chi connectivity index (χ4v) is 1.78. The van der Waals surface area contributed by atoms with Gasteiger partial charge in [-0.2, -0.15) is 0 Å². The van der Waals surface area contributed by atoms with Crippen LogP contribution in [-0.4, -0.2) is 24.7 Å². The molecule has 4 nitrogen and oxygen atoms in total. The Hall–Kier alpha value is -1.24. The van der Waals surface area contributed by atoms with Crippen LogP contribution in [0.2, 0.25) is 0 Å². The molecular weight excluding hydrogens is 192 g/mol. The summed E-state index contributed by atoms with van der Waals surface area (Å²) in [6.45, 7) is 6.58. The minimum Gasteiger partial charge on any atom is -0.211 e. The summed E-state index contributed by atoms with van der Waals surface area (Å²) in [6, 6.07) is 0.0271. The van der Waals surface area contributed by atoms with Crippen molar-refractivity contribution in [2.45, 2.75) is 39.7 Å². The maximum absolute atomic E-state index is 10.0. The summed E-state index contributed by atoms with van der Waals surface area (Å²) >= 11 is 0. The lowest BCUT2D eigenvalue weighted by molar-refractivity contribution is 0.380. The molecule has 15 heavy (non-hydrogen) atoms. The van der Waals surface area contributed by atoms with Crippen LogP contribution in [-0.2, 0) is 9.59 Å². The van der Waals surface area contributed by atoms with E-state index in [0.717, 1.165) is 12.8 Å². The minimum atomic E-state index is 0.0271. The van der Waals surface area contributed by atoms with E-state index in [4.69, 9.17) is 0 Å². The Labute approximate surface area is 90.5 Å². The lowest BCUT2D eigenvalue weighted by Crippen LogP contribution is -2.11. The lowest BCUT2D eigenvalue weighted by Gasteiger charge is -2.16. The van der Waals surface area contributed by atoms with Gasteiger partial charge in [-0.3, -0.25) is 0 Å². The first-order chi connectivity index (χ1) is 7.10. The van der Waals surface area contributed by atoms with E-state index < -0.39 is 0 Å². The molecule has 0 fully saturated rings. The van der Waals surface area contributed by atoms with Crippen LogP contribution in [0.3, 0.4) is 0 Å². The molecule has 0 rings (SSSR count). The number of rotatable bonds is 7. The number of hydrogen-bond acceptors (Lipinski definition) is 4. The summed E-state index contributed by atoms with van der Waals surface area (Å²) in [5.74, 6) is 0.836. The molecule has 84 valence electrons. The van der Waals surface area contributed by atoms with E-state index in [1.54, 1.807) is 6.08 Å². The molecule has 0 aromatic heterocycles. The standard InChI is InChI=1S/C11H18N2O2/c1-9(5-11(3)13-8-15)4-10(2)6-12-7-14/h9-11H,4-6H2,1-3H3. The first kappa shape index (κ1) is 13.8. The average molecular weight is 210 g/mol. The van der Waals surface area contributed by atoms with Gasteiger partial charge in [0.05, 0.1) is 12.6 Å². The third-order valence-corrected chi connectivity index (χ3v) is 2.29. The van der Waals surface area contributed by atoms with Gasteiger partial charge < -0.3 is 0 Å². The smallest absolute Gasteiger partial charge is 0.211 e. The predicted molar refractivity (Wildman–Crippen MR) is 58.1 cm³/mol. The van der Waals surface area contributed by atoms with Crippen molar-refractivity contribution in [1.29, 1.82) is 0 Å². The average Bonchev–Trinajstić information content (AvgIpc) is 2.14. The highest BCUT2D eigenvalue weighted by Gasteiger charge is 2.11. The molecule has 0 aliphatic carbocycles. The van der Waals surface area contributed by atoms with Crippen molar-refractivity contribution in [1.82, 2.24) is 0 Å². The van der Waals surface area contributed by atoms with Crippen molar-refractivity contribution < 1.29 is 9.59 Å². The van der Waals surface area contributed by atoms with Gasteiger partial charge in [0.2, 0.25) is 12.2 Å². The summed E-state index contributed by atoms with van der Waals surface area (Å²) in [7, 11) is 0. The van der Waals surface area contributed by atoms with Crippen LogP contribution in [0.1, 0.15) is 33.6 Å². The van der Waals surface area contributed by atoms with Crippen molar-refractivity contribution in [3.63, 3.8) is 0 Å². The molecule has 0 radical (unpaired) electrons. The van der Waals surface area contributed by atoms with E-state index in [1.165, 1.54) is 6.08 Å². The zero-order valence-corrected chi connectivity index (χ0v) is 9.56. The number of hydrogen-bond donors (Lipinski definition) is 0. The Bertz CT molecular complexity index is 266. The second-order valence-electron chi connectivity index (χ2n) is 4.18. The van der Waals surface area contributed by atoms with Crippen LogP contribution in [0.25, 0.3) is 0 Å². The van der Waals surface area contributed by atoms with Crippen molar-refractivity contribution >= 4 is 12.2 Å². The SMILES string of the molecule is CC(CN=C=O)CC(C)CC(C)N=C=O. The quantitative estimate of drug-likeness (QED) is 0.477. The molecule has 3 atom stereocenters. The summed E-state index contributed by atoms with van der Waals surface area (Å²) < 4.78 is 0. The van der Waals surface area contributed by atoms with Crippen LogP contribution >= 0.6 is 0 Å². The maximum Gasteiger partial charge on any atom is 0.235 e. The predicted octanol–water partition coefficient (Wildman–Crippen LogP) is 2.10. The first-order valence-corrected chi connectivity index (χ1v) is 5.20. The molecule has 0 aliphatic rings. The van der Waals surface area contributed by atoms with Gasteiger partial charge >= 0.3 is 0 Å². The zero-order chi connectivity index (χ0) is 11.7. The van der Waals surface area contributed by atoms with Crippen LogP contribution in [0, 0.1) is 11.8 Å². The van der Waals surface area contributed by atoms with Crippen molar-refractivity contribution in [3.8, 4) is 0 Å². The van der Waals surface area contributed by atoms with Gasteiger partial charge in [0.1, 0.15) is 0 Å². The summed E-state index contributed by atoms with van der Waals surface area (Å²) in [4.78, 5) is 27.1. The van der Waals surface area contributed by atoms with Gasteiger partial charge in [-0.1, -0.05) is 13.8 Å². The van der Waals surface area contributed by atoms with E-state index in [-0.39, 0.29) is 6.04 Å². The van der Waals surface area contributed by atoms with Crippen molar-refractivity contribution in [2.24, 2.45) is 21.8 Å². The fraction of sp³-hybridized carbons (Fsp3) is 0.818. The van der Waals surface area contributed by atoms with Crippen LogP contribution in [0.4, 0.5) is 0 Å². The molecule has 4 heteroatoms. The highest BCUT2D eigenvalue weighted by molar-refractivity contribution is 5.33. The summed E-state index contributed by atoms with van der Waals surface area (Å²) in [6.07, 6.45) is 4.95.